The highest BCUT2D eigenvalue weighted by atomic mass is 19.4. The third-order valence-electron chi connectivity index (χ3n) is 3.71. The lowest BCUT2D eigenvalue weighted by molar-refractivity contribution is -0.359. The molecule has 2 aromatic carbocycles. The molecule has 3 nitrogen and oxygen atoms in total. The molecular formula is C16H11F7O3. The molecule has 0 N–H and O–H groups in total. The molecule has 0 unspecified atom stereocenters. The van der Waals surface area contributed by atoms with E-state index in [1.807, 2.05) is 0 Å². The molecular weight excluding hydrogens is 373 g/mol. The van der Waals surface area contributed by atoms with Crippen LogP contribution in [0.25, 0.3) is 10.8 Å². The van der Waals surface area contributed by atoms with Gasteiger partial charge in [-0.2, -0.15) is 30.7 Å². The Hall–Kier alpha value is -2.52. The van der Waals surface area contributed by atoms with Crippen molar-refractivity contribution in [2.45, 2.75) is 18.0 Å². The first kappa shape index (κ1) is 19.8. The molecule has 0 spiro atoms. The molecule has 0 aliphatic carbocycles. The number of carbonyl (C=O) groups is 1. The van der Waals surface area contributed by atoms with E-state index in [1.165, 1.54) is 0 Å². The van der Waals surface area contributed by atoms with Crippen molar-refractivity contribution in [2.24, 2.45) is 0 Å². The van der Waals surface area contributed by atoms with E-state index >= 15 is 0 Å². The van der Waals surface area contributed by atoms with Crippen LogP contribution in [0, 0.1) is 0 Å². The molecule has 0 saturated heterocycles. The van der Waals surface area contributed by atoms with E-state index in [1.54, 1.807) is 0 Å². The third-order valence-corrected chi connectivity index (χ3v) is 3.71. The van der Waals surface area contributed by atoms with Crippen molar-refractivity contribution in [3.05, 3.63) is 41.5 Å². The molecule has 0 saturated carbocycles. The summed E-state index contributed by atoms with van der Waals surface area (Å²) in [5.74, 6) is -13.9. The van der Waals surface area contributed by atoms with Crippen molar-refractivity contribution in [1.82, 2.24) is 0 Å². The topological polar surface area (TPSA) is 35.5 Å². The van der Waals surface area contributed by atoms with Crippen LogP contribution >= 0.6 is 0 Å². The highest BCUT2D eigenvalue weighted by Crippen LogP contribution is 2.55. The van der Waals surface area contributed by atoms with Crippen molar-refractivity contribution >= 4 is 16.7 Å². The number of benzene rings is 2. The number of ether oxygens (including phenoxy) is 2. The molecule has 2 aromatic rings. The summed E-state index contributed by atoms with van der Waals surface area (Å²) < 4.78 is 103. The zero-order chi connectivity index (χ0) is 19.9. The van der Waals surface area contributed by atoms with Crippen LogP contribution < -0.4 is 4.74 Å². The van der Waals surface area contributed by atoms with Gasteiger partial charge in [-0.15, -0.1) is 0 Å². The van der Waals surface area contributed by atoms with E-state index in [0.717, 1.165) is 44.6 Å². The fraction of sp³-hybridized carbons (Fsp3) is 0.312. The summed E-state index contributed by atoms with van der Waals surface area (Å²) >= 11 is 0. The summed E-state index contributed by atoms with van der Waals surface area (Å²) in [6, 6.07) is 4.97. The Morgan fingerprint density at radius 2 is 1.50 bits per heavy atom. The maximum atomic E-state index is 14.4. The molecule has 0 aromatic heterocycles. The molecule has 0 bridgehead atoms. The summed E-state index contributed by atoms with van der Waals surface area (Å²) in [5, 5.41) is -0.978. The maximum absolute atomic E-state index is 14.4. The van der Waals surface area contributed by atoms with Gasteiger partial charge in [0, 0.05) is 0 Å². The van der Waals surface area contributed by atoms with Crippen LogP contribution in [0.5, 0.6) is 5.75 Å². The SMILES string of the molecule is COC(=O)c1cccc2c(C(F)(F)C(F)(F)C(F)(F)F)c(OC)ccc12. The molecule has 0 radical (unpaired) electrons. The van der Waals surface area contributed by atoms with Gasteiger partial charge in [0.05, 0.1) is 25.3 Å². The number of carbonyl (C=O) groups excluding carboxylic acids is 1. The number of esters is 1. The van der Waals surface area contributed by atoms with Gasteiger partial charge < -0.3 is 9.47 Å². The molecule has 0 heterocycles. The summed E-state index contributed by atoms with van der Waals surface area (Å²) in [7, 11) is 1.84. The van der Waals surface area contributed by atoms with Crippen LogP contribution in [0.2, 0.25) is 0 Å². The van der Waals surface area contributed by atoms with Gasteiger partial charge in [-0.05, 0) is 29.0 Å². The minimum Gasteiger partial charge on any atom is -0.496 e. The van der Waals surface area contributed by atoms with Crippen LogP contribution in [0.4, 0.5) is 30.7 Å². The minimum atomic E-state index is -6.51. The lowest BCUT2D eigenvalue weighted by Gasteiger charge is -2.30. The Morgan fingerprint density at radius 3 is 2.00 bits per heavy atom. The fourth-order valence-electron chi connectivity index (χ4n) is 2.45. The van der Waals surface area contributed by atoms with Crippen molar-refractivity contribution in [2.75, 3.05) is 14.2 Å². The summed E-state index contributed by atoms with van der Waals surface area (Å²) in [6.45, 7) is 0. The van der Waals surface area contributed by atoms with E-state index in [4.69, 9.17) is 0 Å². The second-order valence-corrected chi connectivity index (χ2v) is 5.18. The van der Waals surface area contributed by atoms with E-state index in [9.17, 15) is 35.5 Å². The van der Waals surface area contributed by atoms with Gasteiger partial charge >= 0.3 is 24.0 Å². The number of hydrogen-bond acceptors (Lipinski definition) is 3. The summed E-state index contributed by atoms with van der Waals surface area (Å²) in [5.41, 5.74) is -1.95. The smallest absolute Gasteiger partial charge is 0.460 e. The minimum absolute atomic E-state index is 0.278. The van der Waals surface area contributed by atoms with Crippen molar-refractivity contribution < 1.29 is 45.0 Å². The molecule has 142 valence electrons. The van der Waals surface area contributed by atoms with Gasteiger partial charge in [0.25, 0.3) is 0 Å². The lowest BCUT2D eigenvalue weighted by atomic mass is 9.92. The Kier molecular flexibility index (Phi) is 4.82. The normalized spacial score (nSPS) is 13.0. The van der Waals surface area contributed by atoms with Gasteiger partial charge in [0.15, 0.2) is 0 Å². The third kappa shape index (κ3) is 2.82. The largest absolute Gasteiger partial charge is 0.496 e. The van der Waals surface area contributed by atoms with E-state index in [0.29, 0.717) is 0 Å². The van der Waals surface area contributed by atoms with Gasteiger partial charge in [0.1, 0.15) is 5.75 Å². The van der Waals surface area contributed by atoms with Crippen LogP contribution in [-0.2, 0) is 10.7 Å². The van der Waals surface area contributed by atoms with Gasteiger partial charge in [-0.1, -0.05) is 12.1 Å². The standard InChI is InChI=1S/C16H11F7O3/c1-25-11-7-6-8-9(4-3-5-10(8)13(24)26-2)12(11)14(17,18)15(19,20)16(21,22)23/h3-7H,1-2H3. The predicted octanol–water partition coefficient (Wildman–Crippen LogP) is 4.92. The number of alkyl halides is 7. The molecule has 2 rings (SSSR count). The van der Waals surface area contributed by atoms with Gasteiger partial charge in [-0.3, -0.25) is 0 Å². The molecule has 0 amide bonds. The highest BCUT2D eigenvalue weighted by molar-refractivity contribution is 6.06. The zero-order valence-electron chi connectivity index (χ0n) is 13.3. The van der Waals surface area contributed by atoms with Crippen LogP contribution in [-0.4, -0.2) is 32.3 Å². The van der Waals surface area contributed by atoms with E-state index < -0.39 is 40.7 Å². The first-order valence-corrected chi connectivity index (χ1v) is 6.91. The number of fused-ring (bicyclic) bond motifs is 1. The van der Waals surface area contributed by atoms with Gasteiger partial charge in [-0.25, -0.2) is 4.79 Å². The van der Waals surface area contributed by atoms with Crippen molar-refractivity contribution in [1.29, 1.82) is 0 Å². The Bertz CT molecular complexity index is 844. The molecule has 0 fully saturated rings. The molecule has 0 aliphatic rings. The summed E-state index contributed by atoms with van der Waals surface area (Å²) in [4.78, 5) is 11.7. The van der Waals surface area contributed by atoms with Crippen molar-refractivity contribution in [3.63, 3.8) is 0 Å². The van der Waals surface area contributed by atoms with Gasteiger partial charge in [0.2, 0.25) is 0 Å². The highest BCUT2D eigenvalue weighted by Gasteiger charge is 2.74. The second kappa shape index (κ2) is 6.33. The van der Waals surface area contributed by atoms with E-state index in [-0.39, 0.29) is 10.9 Å². The Morgan fingerprint density at radius 1 is 0.885 bits per heavy atom. The Labute approximate surface area is 142 Å². The average Bonchev–Trinajstić information content (AvgIpc) is 2.57. The number of methoxy groups -OCH3 is 2. The fourth-order valence-corrected chi connectivity index (χ4v) is 2.45. The van der Waals surface area contributed by atoms with Crippen molar-refractivity contribution in [3.8, 4) is 5.75 Å². The van der Waals surface area contributed by atoms with Crippen LogP contribution in [0.1, 0.15) is 15.9 Å². The quantitative estimate of drug-likeness (QED) is 0.554. The monoisotopic (exact) mass is 384 g/mol. The lowest BCUT2D eigenvalue weighted by Crippen LogP contribution is -2.50. The predicted molar refractivity (Wildman–Crippen MR) is 76.7 cm³/mol. The zero-order valence-corrected chi connectivity index (χ0v) is 13.3. The molecule has 0 aliphatic heterocycles. The number of halogens is 7. The summed E-state index contributed by atoms with van der Waals surface area (Å²) in [6.07, 6.45) is -6.51. The number of hydrogen-bond donors (Lipinski definition) is 0. The maximum Gasteiger partial charge on any atom is 0.460 e. The first-order valence-electron chi connectivity index (χ1n) is 6.91. The first-order chi connectivity index (χ1) is 11.9. The van der Waals surface area contributed by atoms with Crippen LogP contribution in [0.3, 0.4) is 0 Å². The average molecular weight is 384 g/mol. The second-order valence-electron chi connectivity index (χ2n) is 5.18. The Balaban J connectivity index is 2.91. The molecule has 26 heavy (non-hydrogen) atoms. The molecule has 10 heteroatoms. The molecule has 0 atom stereocenters. The van der Waals surface area contributed by atoms with Crippen LogP contribution in [0.15, 0.2) is 30.3 Å². The van der Waals surface area contributed by atoms with E-state index in [2.05, 4.69) is 9.47 Å². The number of rotatable bonds is 4.